The molecule has 2 rings (SSSR count). The van der Waals surface area contributed by atoms with Gasteiger partial charge in [-0.25, -0.2) is 0 Å². The summed E-state index contributed by atoms with van der Waals surface area (Å²) in [5.74, 6) is 1.24. The molecule has 0 fully saturated rings. The van der Waals surface area contributed by atoms with Crippen LogP contribution in [0.25, 0.3) is 0 Å². The third-order valence-electron chi connectivity index (χ3n) is 3.15. The van der Waals surface area contributed by atoms with Gasteiger partial charge in [0, 0.05) is 23.6 Å². The second-order valence-electron chi connectivity index (χ2n) is 4.99. The number of benzene rings is 2. The van der Waals surface area contributed by atoms with E-state index in [0.29, 0.717) is 11.4 Å². The number of nitrogens with zero attached hydrogens (tertiary/aromatic N) is 1. The lowest BCUT2D eigenvalue weighted by Gasteiger charge is -2.09. The SMILES string of the molecule is [NH3+][C@H](CSCc1ccccc1)C(=O)Nc1ccc([N+](=O)[O-])cc1. The average molecular weight is 332 g/mol. The van der Waals surface area contributed by atoms with Crippen LogP contribution in [0.4, 0.5) is 11.4 Å². The number of nitro groups is 1. The van der Waals surface area contributed by atoms with Gasteiger partial charge in [0.15, 0.2) is 6.04 Å². The van der Waals surface area contributed by atoms with E-state index in [9.17, 15) is 14.9 Å². The zero-order chi connectivity index (χ0) is 16.7. The highest BCUT2D eigenvalue weighted by Gasteiger charge is 2.17. The molecule has 7 heteroatoms. The van der Waals surface area contributed by atoms with E-state index in [0.717, 1.165) is 5.75 Å². The molecule has 23 heavy (non-hydrogen) atoms. The van der Waals surface area contributed by atoms with E-state index in [1.54, 1.807) is 11.8 Å². The molecule has 0 unspecified atom stereocenters. The molecule has 1 atom stereocenters. The number of nitro benzene ring substituents is 1. The van der Waals surface area contributed by atoms with E-state index >= 15 is 0 Å². The van der Waals surface area contributed by atoms with Gasteiger partial charge in [-0.05, 0) is 17.7 Å². The third kappa shape index (κ3) is 5.39. The van der Waals surface area contributed by atoms with Crippen molar-refractivity contribution in [2.75, 3.05) is 11.1 Å². The number of nitrogens with one attached hydrogen (secondary N) is 1. The van der Waals surface area contributed by atoms with Gasteiger partial charge in [0.25, 0.3) is 11.6 Å². The van der Waals surface area contributed by atoms with Crippen LogP contribution in [0.15, 0.2) is 54.6 Å². The molecule has 0 aromatic heterocycles. The van der Waals surface area contributed by atoms with Crippen LogP contribution in [0.2, 0.25) is 0 Å². The standard InChI is InChI=1S/C16H17N3O3S/c17-15(11-23-10-12-4-2-1-3-5-12)16(20)18-13-6-8-14(9-7-13)19(21)22/h1-9,15H,10-11,17H2,(H,18,20)/p+1/t15-/m1/s1. The Hall–Kier alpha value is -2.38. The van der Waals surface area contributed by atoms with Crippen molar-refractivity contribution < 1.29 is 15.5 Å². The number of quaternary nitrogens is 1. The lowest BCUT2D eigenvalue weighted by atomic mass is 10.2. The van der Waals surface area contributed by atoms with E-state index < -0.39 is 4.92 Å². The Labute approximate surface area is 138 Å². The molecule has 1 amide bonds. The Balaban J connectivity index is 1.79. The second kappa shape index (κ2) is 8.30. The molecule has 4 N–H and O–H groups in total. The lowest BCUT2D eigenvalue weighted by molar-refractivity contribution is -0.395. The van der Waals surface area contributed by atoms with Gasteiger partial charge < -0.3 is 11.1 Å². The molecule has 0 bridgehead atoms. The van der Waals surface area contributed by atoms with Crippen molar-refractivity contribution in [3.63, 3.8) is 0 Å². The maximum atomic E-state index is 12.1. The summed E-state index contributed by atoms with van der Waals surface area (Å²) < 4.78 is 0. The lowest BCUT2D eigenvalue weighted by Crippen LogP contribution is -2.67. The molecular formula is C16H18N3O3S+. The molecule has 0 aliphatic heterocycles. The van der Waals surface area contributed by atoms with Crippen molar-refractivity contribution in [3.8, 4) is 0 Å². The summed E-state index contributed by atoms with van der Waals surface area (Å²) in [6, 6.07) is 15.4. The zero-order valence-corrected chi connectivity index (χ0v) is 13.3. The van der Waals surface area contributed by atoms with E-state index in [1.165, 1.54) is 29.8 Å². The normalized spacial score (nSPS) is 11.7. The Kier molecular flexibility index (Phi) is 6.13. The summed E-state index contributed by atoms with van der Waals surface area (Å²) in [4.78, 5) is 22.2. The fourth-order valence-electron chi connectivity index (χ4n) is 1.88. The fraction of sp³-hybridized carbons (Fsp3) is 0.188. The van der Waals surface area contributed by atoms with E-state index in [2.05, 4.69) is 11.1 Å². The van der Waals surface area contributed by atoms with Gasteiger partial charge in [-0.3, -0.25) is 14.9 Å². The molecule has 0 saturated carbocycles. The van der Waals surface area contributed by atoms with Gasteiger partial charge in [0.05, 0.1) is 10.7 Å². The topological polar surface area (TPSA) is 99.9 Å². The number of hydrogen-bond acceptors (Lipinski definition) is 4. The van der Waals surface area contributed by atoms with Crippen molar-refractivity contribution >= 4 is 29.0 Å². The number of hydrogen-bond donors (Lipinski definition) is 2. The highest BCUT2D eigenvalue weighted by Crippen LogP contribution is 2.16. The van der Waals surface area contributed by atoms with Crippen LogP contribution in [0, 0.1) is 10.1 Å². The summed E-state index contributed by atoms with van der Waals surface area (Å²) >= 11 is 1.65. The second-order valence-corrected chi connectivity index (χ2v) is 6.02. The largest absolute Gasteiger partial charge is 0.347 e. The number of amides is 1. The fourth-order valence-corrected chi connectivity index (χ4v) is 2.86. The number of anilines is 1. The predicted molar refractivity (Wildman–Crippen MR) is 91.0 cm³/mol. The number of carbonyl (C=O) groups excluding carboxylic acids is 1. The van der Waals surface area contributed by atoms with Crippen molar-refractivity contribution in [1.82, 2.24) is 0 Å². The van der Waals surface area contributed by atoms with Gasteiger partial charge in [-0.2, -0.15) is 11.8 Å². The Morgan fingerprint density at radius 3 is 2.43 bits per heavy atom. The van der Waals surface area contributed by atoms with Crippen LogP contribution in [0.3, 0.4) is 0 Å². The summed E-state index contributed by atoms with van der Waals surface area (Å²) in [5, 5.41) is 13.3. The minimum Gasteiger partial charge on any atom is -0.347 e. The van der Waals surface area contributed by atoms with Gasteiger partial charge in [0.2, 0.25) is 0 Å². The first-order chi connectivity index (χ1) is 11.1. The highest BCUT2D eigenvalue weighted by molar-refractivity contribution is 7.98. The molecule has 2 aromatic rings. The van der Waals surface area contributed by atoms with Crippen molar-refractivity contribution in [3.05, 3.63) is 70.3 Å². The summed E-state index contributed by atoms with van der Waals surface area (Å²) in [7, 11) is 0. The molecule has 0 radical (unpaired) electrons. The van der Waals surface area contributed by atoms with Crippen molar-refractivity contribution in [2.45, 2.75) is 11.8 Å². The van der Waals surface area contributed by atoms with Gasteiger partial charge in [0.1, 0.15) is 0 Å². The number of non-ortho nitro benzene ring substituents is 1. The highest BCUT2D eigenvalue weighted by atomic mass is 32.2. The molecule has 120 valence electrons. The van der Waals surface area contributed by atoms with Gasteiger partial charge in [-0.1, -0.05) is 30.3 Å². The predicted octanol–water partition coefficient (Wildman–Crippen LogP) is 2.08. The monoisotopic (exact) mass is 332 g/mol. The molecule has 6 nitrogen and oxygen atoms in total. The Morgan fingerprint density at radius 1 is 1.17 bits per heavy atom. The van der Waals surface area contributed by atoms with E-state index in [-0.39, 0.29) is 17.6 Å². The first kappa shape index (κ1) is 17.0. The molecule has 0 saturated heterocycles. The summed E-state index contributed by atoms with van der Waals surface area (Å²) in [5.41, 5.74) is 5.60. The third-order valence-corrected chi connectivity index (χ3v) is 4.32. The van der Waals surface area contributed by atoms with Crippen LogP contribution in [-0.2, 0) is 10.5 Å². The van der Waals surface area contributed by atoms with E-state index in [1.807, 2.05) is 30.3 Å². The molecule has 0 heterocycles. The van der Waals surface area contributed by atoms with Crippen LogP contribution in [0.1, 0.15) is 5.56 Å². The van der Waals surface area contributed by atoms with Crippen LogP contribution in [0.5, 0.6) is 0 Å². The molecular weight excluding hydrogens is 314 g/mol. The average Bonchev–Trinajstić information content (AvgIpc) is 2.56. The molecule has 0 aliphatic carbocycles. The van der Waals surface area contributed by atoms with Gasteiger partial charge >= 0.3 is 0 Å². The quantitative estimate of drug-likeness (QED) is 0.599. The van der Waals surface area contributed by atoms with Crippen LogP contribution >= 0.6 is 11.8 Å². The Bertz CT molecular complexity index is 662. The van der Waals surface area contributed by atoms with Crippen molar-refractivity contribution in [1.29, 1.82) is 0 Å². The van der Waals surface area contributed by atoms with Crippen molar-refractivity contribution in [2.24, 2.45) is 0 Å². The summed E-state index contributed by atoms with van der Waals surface area (Å²) in [6.07, 6.45) is 0. The van der Waals surface area contributed by atoms with Crippen LogP contribution < -0.4 is 11.1 Å². The number of rotatable bonds is 7. The first-order valence-corrected chi connectivity index (χ1v) is 8.22. The van der Waals surface area contributed by atoms with E-state index in [4.69, 9.17) is 0 Å². The first-order valence-electron chi connectivity index (χ1n) is 7.06. The minimum atomic E-state index is -0.476. The number of thioether (sulfide) groups is 1. The van der Waals surface area contributed by atoms with Gasteiger partial charge in [-0.15, -0.1) is 0 Å². The number of carbonyl (C=O) groups is 1. The maximum absolute atomic E-state index is 12.1. The smallest absolute Gasteiger partial charge is 0.283 e. The minimum absolute atomic E-state index is 0.00686. The molecule has 0 spiro atoms. The molecule has 2 aromatic carbocycles. The zero-order valence-electron chi connectivity index (χ0n) is 12.5. The maximum Gasteiger partial charge on any atom is 0.283 e. The van der Waals surface area contributed by atoms with Crippen LogP contribution in [-0.4, -0.2) is 22.6 Å². The summed E-state index contributed by atoms with van der Waals surface area (Å²) in [6.45, 7) is 0. The Morgan fingerprint density at radius 2 is 1.83 bits per heavy atom. The molecule has 0 aliphatic rings.